The SMILES string of the molecule is CC1(C)OB(c2ccccc2-c2ccccc2)OC1(C)C.c1ccc(-c2ccccc2-c2c3ccccc3c(-c3ccc(-c4ccc(N(c5ccccc5)c5ccccc5)cc4)cc3)c3c4ccccc4c4ccccc4c23)cc1. The van der Waals surface area contributed by atoms with E-state index in [-0.39, 0.29) is 18.3 Å². The molecule has 384 valence electrons. The Labute approximate surface area is 470 Å². The first kappa shape index (κ1) is 50.2. The summed E-state index contributed by atoms with van der Waals surface area (Å²) in [4.78, 5) is 2.30. The number of nitrogens with zero attached hydrogens (tertiary/aromatic N) is 1. The molecule has 3 nitrogen and oxygen atoms in total. The molecule has 1 aliphatic heterocycles. The smallest absolute Gasteiger partial charge is 0.399 e. The van der Waals surface area contributed by atoms with Crippen molar-refractivity contribution in [3.8, 4) is 55.6 Å². The molecule has 0 aliphatic carbocycles. The van der Waals surface area contributed by atoms with Gasteiger partial charge in [0.2, 0.25) is 0 Å². The number of rotatable bonds is 9. The maximum absolute atomic E-state index is 6.19. The third kappa shape index (κ3) is 9.23. The molecule has 0 aromatic heterocycles. The minimum absolute atomic E-state index is 0.318. The van der Waals surface area contributed by atoms with Gasteiger partial charge in [0.05, 0.1) is 11.2 Å². The fourth-order valence-electron chi connectivity index (χ4n) is 11.8. The van der Waals surface area contributed by atoms with E-state index in [0.717, 1.165) is 28.1 Å². The van der Waals surface area contributed by atoms with Crippen molar-refractivity contribution >= 4 is 72.7 Å². The van der Waals surface area contributed by atoms with Crippen LogP contribution in [0, 0.1) is 0 Å². The summed E-state index contributed by atoms with van der Waals surface area (Å²) >= 11 is 0. The molecular weight excluding hydrogens is 970 g/mol. The van der Waals surface area contributed by atoms with Crippen molar-refractivity contribution in [1.29, 1.82) is 0 Å². The lowest BCUT2D eigenvalue weighted by atomic mass is 9.74. The highest BCUT2D eigenvalue weighted by Gasteiger charge is 2.52. The second-order valence-corrected chi connectivity index (χ2v) is 21.7. The van der Waals surface area contributed by atoms with E-state index >= 15 is 0 Å². The van der Waals surface area contributed by atoms with Crippen LogP contribution >= 0.6 is 0 Å². The first-order valence-electron chi connectivity index (χ1n) is 27.8. The molecule has 0 spiro atoms. The molecule has 0 atom stereocenters. The Hall–Kier alpha value is -9.32. The standard InChI is InChI=1S/C58H39N.C18H21BO2/c1-4-18-42(19-5-1)47-24-10-13-27-50(47)56-54-31-17-16-30-53(54)55(57-51-28-14-11-25-48(51)49-26-12-15-29-52(49)58(56)57)43-34-32-40(33-35-43)41-36-38-46(39-37-41)59(44-20-6-2-7-21-44)45-22-8-3-9-23-45;1-17(2)18(3,4)21-19(20-17)16-13-9-8-12-15(16)14-10-6-5-7-11-14/h1-39H;5-13H,1-4H3. The summed E-state index contributed by atoms with van der Waals surface area (Å²) < 4.78 is 12.4. The fourth-order valence-corrected chi connectivity index (χ4v) is 11.8. The van der Waals surface area contributed by atoms with Crippen LogP contribution in [-0.4, -0.2) is 18.3 Å². The van der Waals surface area contributed by atoms with Crippen LogP contribution in [0.1, 0.15) is 27.7 Å². The van der Waals surface area contributed by atoms with Crippen molar-refractivity contribution in [2.75, 3.05) is 4.90 Å². The van der Waals surface area contributed by atoms with Gasteiger partial charge in [-0.05, 0) is 168 Å². The topological polar surface area (TPSA) is 21.7 Å². The molecule has 14 rings (SSSR count). The Bertz CT molecular complexity index is 4280. The lowest BCUT2D eigenvalue weighted by Crippen LogP contribution is -2.41. The van der Waals surface area contributed by atoms with Gasteiger partial charge in [-0.25, -0.2) is 0 Å². The van der Waals surface area contributed by atoms with Gasteiger partial charge in [-0.2, -0.15) is 0 Å². The van der Waals surface area contributed by atoms with Gasteiger partial charge < -0.3 is 14.2 Å². The summed E-state index contributed by atoms with van der Waals surface area (Å²) in [5.41, 5.74) is 16.0. The first-order valence-corrected chi connectivity index (χ1v) is 27.8. The number of hydrogen-bond acceptors (Lipinski definition) is 3. The lowest BCUT2D eigenvalue weighted by molar-refractivity contribution is 0.00578. The Balaban J connectivity index is 0.000000242. The summed E-state index contributed by atoms with van der Waals surface area (Å²) in [6.45, 7) is 8.33. The quantitative estimate of drug-likeness (QED) is 0.0817. The fraction of sp³-hybridized carbons (Fsp3) is 0.0789. The normalized spacial score (nSPS) is 13.6. The van der Waals surface area contributed by atoms with Crippen LogP contribution < -0.4 is 10.4 Å². The minimum Gasteiger partial charge on any atom is -0.399 e. The predicted molar refractivity (Wildman–Crippen MR) is 340 cm³/mol. The molecule has 1 aliphatic rings. The van der Waals surface area contributed by atoms with Gasteiger partial charge in [0.25, 0.3) is 0 Å². The van der Waals surface area contributed by atoms with Gasteiger partial charge in [-0.1, -0.05) is 255 Å². The molecule has 0 unspecified atom stereocenters. The summed E-state index contributed by atoms with van der Waals surface area (Å²) in [6.07, 6.45) is 0. The van der Waals surface area contributed by atoms with E-state index in [1.807, 2.05) is 12.1 Å². The highest BCUT2D eigenvalue weighted by atomic mass is 16.7. The van der Waals surface area contributed by atoms with E-state index in [2.05, 4.69) is 312 Å². The molecule has 0 amide bonds. The maximum atomic E-state index is 6.19. The van der Waals surface area contributed by atoms with Crippen LogP contribution in [0.4, 0.5) is 17.1 Å². The molecular formula is C76H60BNO2. The molecule has 13 aromatic carbocycles. The summed E-state index contributed by atoms with van der Waals surface area (Å²) in [6, 6.07) is 105. The van der Waals surface area contributed by atoms with Crippen molar-refractivity contribution in [1.82, 2.24) is 0 Å². The number of fused-ring (bicyclic) bond motifs is 7. The van der Waals surface area contributed by atoms with E-state index in [9.17, 15) is 0 Å². The monoisotopic (exact) mass is 1030 g/mol. The van der Waals surface area contributed by atoms with E-state index in [4.69, 9.17) is 9.31 Å². The molecule has 1 saturated heterocycles. The molecule has 80 heavy (non-hydrogen) atoms. The lowest BCUT2D eigenvalue weighted by Gasteiger charge is -2.32. The molecule has 1 heterocycles. The average molecular weight is 1030 g/mol. The van der Waals surface area contributed by atoms with Gasteiger partial charge in [0.1, 0.15) is 0 Å². The highest BCUT2D eigenvalue weighted by Crippen LogP contribution is 2.51. The number of hydrogen-bond donors (Lipinski definition) is 0. The maximum Gasteiger partial charge on any atom is 0.495 e. The van der Waals surface area contributed by atoms with Crippen molar-refractivity contribution in [2.24, 2.45) is 0 Å². The second kappa shape index (κ2) is 21.1. The minimum atomic E-state index is -0.327. The molecule has 0 bridgehead atoms. The van der Waals surface area contributed by atoms with Crippen LogP contribution in [0.3, 0.4) is 0 Å². The van der Waals surface area contributed by atoms with Crippen LogP contribution in [-0.2, 0) is 9.31 Å². The van der Waals surface area contributed by atoms with E-state index in [1.54, 1.807) is 0 Å². The Kier molecular flexibility index (Phi) is 13.3. The van der Waals surface area contributed by atoms with Crippen LogP contribution in [0.2, 0.25) is 0 Å². The molecule has 4 heteroatoms. The first-order chi connectivity index (χ1) is 39.2. The van der Waals surface area contributed by atoms with E-state index in [1.165, 1.54) is 93.2 Å². The highest BCUT2D eigenvalue weighted by molar-refractivity contribution is 6.64. The van der Waals surface area contributed by atoms with Crippen LogP contribution in [0.15, 0.2) is 291 Å². The molecule has 0 saturated carbocycles. The van der Waals surface area contributed by atoms with Gasteiger partial charge in [-0.15, -0.1) is 0 Å². The zero-order chi connectivity index (χ0) is 54.2. The van der Waals surface area contributed by atoms with Gasteiger partial charge in [0, 0.05) is 17.1 Å². The summed E-state index contributed by atoms with van der Waals surface area (Å²) in [5.74, 6) is 0. The van der Waals surface area contributed by atoms with Crippen molar-refractivity contribution in [3.63, 3.8) is 0 Å². The Morgan fingerprint density at radius 2 is 0.600 bits per heavy atom. The van der Waals surface area contributed by atoms with Crippen LogP contribution in [0.25, 0.3) is 98.7 Å². The van der Waals surface area contributed by atoms with Crippen molar-refractivity contribution in [2.45, 2.75) is 38.9 Å². The molecule has 0 radical (unpaired) electrons. The van der Waals surface area contributed by atoms with Crippen molar-refractivity contribution < 1.29 is 9.31 Å². The Morgan fingerprint density at radius 3 is 1.11 bits per heavy atom. The number of benzene rings is 13. The van der Waals surface area contributed by atoms with Crippen LogP contribution in [0.5, 0.6) is 0 Å². The third-order valence-electron chi connectivity index (χ3n) is 16.4. The van der Waals surface area contributed by atoms with E-state index < -0.39 is 0 Å². The average Bonchev–Trinajstić information content (AvgIpc) is 2.96. The molecule has 13 aromatic rings. The van der Waals surface area contributed by atoms with Crippen molar-refractivity contribution in [3.05, 3.63) is 291 Å². The Morgan fingerprint density at radius 1 is 0.263 bits per heavy atom. The van der Waals surface area contributed by atoms with Gasteiger partial charge in [0.15, 0.2) is 0 Å². The molecule has 0 N–H and O–H groups in total. The number of anilines is 3. The van der Waals surface area contributed by atoms with Gasteiger partial charge >= 0.3 is 7.12 Å². The summed E-state index contributed by atoms with van der Waals surface area (Å²) in [7, 11) is -0.327. The zero-order valence-corrected chi connectivity index (χ0v) is 45.6. The predicted octanol–water partition coefficient (Wildman–Crippen LogP) is 20.1. The van der Waals surface area contributed by atoms with Gasteiger partial charge in [-0.3, -0.25) is 0 Å². The largest absolute Gasteiger partial charge is 0.495 e. The summed E-state index contributed by atoms with van der Waals surface area (Å²) in [5, 5.41) is 10.1. The zero-order valence-electron chi connectivity index (χ0n) is 45.6. The number of para-hydroxylation sites is 2. The second-order valence-electron chi connectivity index (χ2n) is 21.7. The molecule has 1 fully saturated rings. The third-order valence-corrected chi connectivity index (χ3v) is 16.4. The van der Waals surface area contributed by atoms with E-state index in [0.29, 0.717) is 0 Å².